The number of hydrogen-bond donors (Lipinski definition) is 0. The van der Waals surface area contributed by atoms with Gasteiger partial charge in [0.1, 0.15) is 0 Å². The van der Waals surface area contributed by atoms with Crippen molar-refractivity contribution in [1.82, 2.24) is 0 Å². The Morgan fingerprint density at radius 3 is 2.65 bits per heavy atom. The first kappa shape index (κ1) is 19.4. The molecule has 0 saturated carbocycles. The first-order valence-corrected chi connectivity index (χ1v) is 9.36. The molecule has 2 aromatic carbocycles. The van der Waals surface area contributed by atoms with Gasteiger partial charge in [-0.25, -0.2) is 0 Å². The molecule has 26 heavy (non-hydrogen) atoms. The van der Waals surface area contributed by atoms with E-state index in [0.717, 1.165) is 24.0 Å². The molecule has 3 nitrogen and oxygen atoms in total. The molecule has 1 aliphatic heterocycles. The van der Waals surface area contributed by atoms with Crippen molar-refractivity contribution in [2.24, 2.45) is 0 Å². The van der Waals surface area contributed by atoms with E-state index in [2.05, 4.69) is 12.1 Å². The molecule has 0 spiro atoms. The van der Waals surface area contributed by atoms with Crippen molar-refractivity contribution >= 4 is 29.3 Å². The van der Waals surface area contributed by atoms with E-state index in [1.807, 2.05) is 42.5 Å². The van der Waals surface area contributed by atoms with Gasteiger partial charge in [-0.2, -0.15) is 0 Å². The van der Waals surface area contributed by atoms with Crippen molar-refractivity contribution in [2.45, 2.75) is 37.9 Å². The van der Waals surface area contributed by atoms with E-state index >= 15 is 0 Å². The Labute approximate surface area is 164 Å². The van der Waals surface area contributed by atoms with Crippen LogP contribution in [0.1, 0.15) is 24.0 Å². The molecule has 3 atom stereocenters. The van der Waals surface area contributed by atoms with E-state index < -0.39 is 0 Å². The zero-order valence-electron chi connectivity index (χ0n) is 14.6. The number of rotatable bonds is 6. The average Bonchev–Trinajstić information content (AvgIpc) is 2.66. The third-order valence-corrected chi connectivity index (χ3v) is 4.88. The van der Waals surface area contributed by atoms with Gasteiger partial charge in [0.15, 0.2) is 6.29 Å². The maximum atomic E-state index is 6.22. The van der Waals surface area contributed by atoms with Gasteiger partial charge in [-0.05, 0) is 23.3 Å². The molecule has 5 heteroatoms. The Hall–Kier alpha value is -1.36. The molecule has 1 aliphatic rings. The number of ether oxygens (including phenoxy) is 3. The molecule has 0 N–H and O–H groups in total. The molecular weight excluding hydrogens is 371 g/mol. The standard InChI is InChI=1S/C21H22Cl2O3/c1-24-21-13-19(25-14-15-5-3-2-4-6-15)12-18(26-21)10-8-16-7-9-17(22)11-20(16)23/h2-11,18-19,21H,12-14H2,1H3/b10-8+/t18-,19-,21-/m1/s1. The van der Waals surface area contributed by atoms with Crippen molar-refractivity contribution in [1.29, 1.82) is 0 Å². The fraction of sp³-hybridized carbons (Fsp3) is 0.333. The summed E-state index contributed by atoms with van der Waals surface area (Å²) in [5, 5.41) is 1.24. The number of methoxy groups -OCH3 is 1. The van der Waals surface area contributed by atoms with Gasteiger partial charge in [0.25, 0.3) is 0 Å². The molecule has 0 bridgehead atoms. The average molecular weight is 393 g/mol. The summed E-state index contributed by atoms with van der Waals surface area (Å²) in [7, 11) is 1.65. The zero-order chi connectivity index (χ0) is 18.4. The molecular formula is C21H22Cl2O3. The van der Waals surface area contributed by atoms with Crippen molar-refractivity contribution < 1.29 is 14.2 Å². The Morgan fingerprint density at radius 1 is 1.12 bits per heavy atom. The van der Waals surface area contributed by atoms with Crippen LogP contribution < -0.4 is 0 Å². The largest absolute Gasteiger partial charge is 0.373 e. The third-order valence-electron chi connectivity index (χ3n) is 4.32. The maximum absolute atomic E-state index is 6.22. The van der Waals surface area contributed by atoms with Crippen LogP contribution in [0.3, 0.4) is 0 Å². The van der Waals surface area contributed by atoms with Crippen molar-refractivity contribution in [3.8, 4) is 0 Å². The highest BCUT2D eigenvalue weighted by Gasteiger charge is 2.28. The minimum absolute atomic E-state index is 0.0734. The number of halogens is 2. The zero-order valence-corrected chi connectivity index (χ0v) is 16.1. The van der Waals surface area contributed by atoms with Crippen LogP contribution in [0, 0.1) is 0 Å². The monoisotopic (exact) mass is 392 g/mol. The first-order chi connectivity index (χ1) is 12.6. The van der Waals surface area contributed by atoms with E-state index in [9.17, 15) is 0 Å². The van der Waals surface area contributed by atoms with Crippen LogP contribution >= 0.6 is 23.2 Å². The molecule has 1 saturated heterocycles. The van der Waals surface area contributed by atoms with Crippen LogP contribution in [0.5, 0.6) is 0 Å². The van der Waals surface area contributed by atoms with Crippen LogP contribution in [0.4, 0.5) is 0 Å². The lowest BCUT2D eigenvalue weighted by Crippen LogP contribution is -2.37. The summed E-state index contributed by atoms with van der Waals surface area (Å²) in [6, 6.07) is 15.6. The summed E-state index contributed by atoms with van der Waals surface area (Å²) >= 11 is 12.2. The van der Waals surface area contributed by atoms with Crippen molar-refractivity contribution in [3.05, 3.63) is 75.8 Å². The van der Waals surface area contributed by atoms with E-state index in [4.69, 9.17) is 37.4 Å². The fourth-order valence-electron chi connectivity index (χ4n) is 2.92. The predicted octanol–water partition coefficient (Wildman–Crippen LogP) is 5.74. The molecule has 0 aliphatic carbocycles. The predicted molar refractivity (Wildman–Crippen MR) is 105 cm³/mol. The molecule has 0 unspecified atom stereocenters. The normalized spacial score (nSPS) is 23.4. The Kier molecular flexibility index (Phi) is 7.12. The minimum atomic E-state index is -0.278. The van der Waals surface area contributed by atoms with Gasteiger partial charge < -0.3 is 14.2 Å². The third kappa shape index (κ3) is 5.57. The molecule has 0 radical (unpaired) electrons. The second kappa shape index (κ2) is 9.54. The van der Waals surface area contributed by atoms with Crippen LogP contribution in [0.2, 0.25) is 10.0 Å². The van der Waals surface area contributed by atoms with E-state index in [1.54, 1.807) is 13.2 Å². The van der Waals surface area contributed by atoms with E-state index in [0.29, 0.717) is 16.7 Å². The van der Waals surface area contributed by atoms with Crippen LogP contribution in [-0.2, 0) is 20.8 Å². The SMILES string of the molecule is CO[C@H]1C[C@H](OCc2ccccc2)C[C@@H](/C=C/c2ccc(Cl)cc2Cl)O1. The topological polar surface area (TPSA) is 27.7 Å². The van der Waals surface area contributed by atoms with Gasteiger partial charge in [-0.15, -0.1) is 0 Å². The van der Waals surface area contributed by atoms with Gasteiger partial charge in [-0.3, -0.25) is 0 Å². The van der Waals surface area contributed by atoms with Gasteiger partial charge in [0.2, 0.25) is 0 Å². The smallest absolute Gasteiger partial charge is 0.160 e. The van der Waals surface area contributed by atoms with Crippen LogP contribution in [-0.4, -0.2) is 25.6 Å². The van der Waals surface area contributed by atoms with Gasteiger partial charge in [-0.1, -0.05) is 71.8 Å². The summed E-state index contributed by atoms with van der Waals surface area (Å²) in [4.78, 5) is 0. The van der Waals surface area contributed by atoms with E-state index in [-0.39, 0.29) is 18.5 Å². The lowest BCUT2D eigenvalue weighted by Gasteiger charge is -2.33. The quantitative estimate of drug-likeness (QED) is 0.626. The lowest BCUT2D eigenvalue weighted by atomic mass is 10.0. The van der Waals surface area contributed by atoms with Gasteiger partial charge >= 0.3 is 0 Å². The van der Waals surface area contributed by atoms with Crippen LogP contribution in [0.25, 0.3) is 6.08 Å². The molecule has 1 heterocycles. The lowest BCUT2D eigenvalue weighted by molar-refractivity contribution is -0.200. The van der Waals surface area contributed by atoms with E-state index in [1.165, 1.54) is 0 Å². The fourth-order valence-corrected chi connectivity index (χ4v) is 3.40. The highest BCUT2D eigenvalue weighted by molar-refractivity contribution is 6.35. The summed E-state index contributed by atoms with van der Waals surface area (Å²) in [5.41, 5.74) is 2.06. The summed E-state index contributed by atoms with van der Waals surface area (Å²) in [5.74, 6) is 0. The Balaban J connectivity index is 1.62. The Morgan fingerprint density at radius 2 is 1.92 bits per heavy atom. The second-order valence-electron chi connectivity index (χ2n) is 6.25. The number of benzene rings is 2. The highest BCUT2D eigenvalue weighted by Crippen LogP contribution is 2.27. The second-order valence-corrected chi connectivity index (χ2v) is 7.10. The van der Waals surface area contributed by atoms with Gasteiger partial charge in [0, 0.05) is 30.0 Å². The van der Waals surface area contributed by atoms with Gasteiger partial charge in [0.05, 0.1) is 18.8 Å². The highest BCUT2D eigenvalue weighted by atomic mass is 35.5. The molecule has 0 aromatic heterocycles. The number of hydrogen-bond acceptors (Lipinski definition) is 3. The van der Waals surface area contributed by atoms with Crippen LogP contribution in [0.15, 0.2) is 54.6 Å². The molecule has 2 aromatic rings. The molecule has 1 fully saturated rings. The summed E-state index contributed by atoms with van der Waals surface area (Å²) < 4.78 is 17.4. The molecule has 3 rings (SSSR count). The van der Waals surface area contributed by atoms with Crippen molar-refractivity contribution in [3.63, 3.8) is 0 Å². The molecule has 0 amide bonds. The molecule has 138 valence electrons. The Bertz CT molecular complexity index is 733. The van der Waals surface area contributed by atoms with Crippen molar-refractivity contribution in [2.75, 3.05) is 7.11 Å². The maximum Gasteiger partial charge on any atom is 0.160 e. The summed E-state index contributed by atoms with van der Waals surface area (Å²) in [6.07, 6.45) is 5.14. The first-order valence-electron chi connectivity index (χ1n) is 8.61. The minimum Gasteiger partial charge on any atom is -0.373 e. The summed E-state index contributed by atoms with van der Waals surface area (Å²) in [6.45, 7) is 0.585.